The predicted octanol–water partition coefficient (Wildman–Crippen LogP) is 2.61. The van der Waals surface area contributed by atoms with Gasteiger partial charge in [0, 0.05) is 0 Å². The average molecular weight is 194 g/mol. The molecule has 0 amide bonds. The van der Waals surface area contributed by atoms with E-state index in [4.69, 9.17) is 0 Å². The minimum Gasteiger partial charge on any atom is -0.0961 e. The van der Waals surface area contributed by atoms with Crippen molar-refractivity contribution < 1.29 is 0 Å². The van der Waals surface area contributed by atoms with E-state index in [0.29, 0.717) is 0 Å². The fourth-order valence-electron chi connectivity index (χ4n) is 1.70. The molecule has 0 aliphatic heterocycles. The molecule has 15 heavy (non-hydrogen) atoms. The summed E-state index contributed by atoms with van der Waals surface area (Å²) >= 11 is 0. The molecule has 0 heteroatoms. The minimum absolute atomic E-state index is 1.05. The minimum atomic E-state index is 1.05. The molecule has 2 aromatic carbocycles. The van der Waals surface area contributed by atoms with E-state index in [1.807, 2.05) is 13.0 Å². The summed E-state index contributed by atoms with van der Waals surface area (Å²) in [4.78, 5) is 0. The Labute approximate surface area is 89.9 Å². The fraction of sp³-hybridized carbons (Fsp3) is 0.0667. The molecular formula is C15H14. The second-order valence-corrected chi connectivity index (χ2v) is 3.89. The number of hydrogen-bond acceptors (Lipinski definition) is 0. The summed E-state index contributed by atoms with van der Waals surface area (Å²) < 4.78 is 0. The molecule has 74 valence electrons. The van der Waals surface area contributed by atoms with Crippen LogP contribution in [-0.2, 0) is 0 Å². The normalized spacial score (nSPS) is 11.9. The van der Waals surface area contributed by atoms with Gasteiger partial charge in [-0.2, -0.15) is 0 Å². The first-order chi connectivity index (χ1) is 7.16. The van der Waals surface area contributed by atoms with Crippen LogP contribution in [0.15, 0.2) is 48.6 Å². The van der Waals surface area contributed by atoms with E-state index in [1.54, 1.807) is 0 Å². The SMILES string of the molecule is C=C(C)/C=c1/cc2ccccc2cc1=C. The van der Waals surface area contributed by atoms with E-state index in [-0.39, 0.29) is 0 Å². The molecule has 0 atom stereocenters. The summed E-state index contributed by atoms with van der Waals surface area (Å²) in [5.41, 5.74) is 1.05. The molecule has 0 unspecified atom stereocenters. The van der Waals surface area contributed by atoms with Crippen molar-refractivity contribution >= 4 is 23.4 Å². The van der Waals surface area contributed by atoms with E-state index >= 15 is 0 Å². The standard InChI is InChI=1S/C15H14/c1-11(2)8-15-10-14-7-5-4-6-13(14)9-12(15)3/h4-10H,1,3H2,2H3/b15-8-. The molecule has 0 saturated heterocycles. The maximum absolute atomic E-state index is 4.05. The van der Waals surface area contributed by atoms with Gasteiger partial charge in [-0.25, -0.2) is 0 Å². The van der Waals surface area contributed by atoms with Gasteiger partial charge in [0.25, 0.3) is 0 Å². The third kappa shape index (κ3) is 1.99. The molecule has 0 N–H and O–H groups in total. The van der Waals surface area contributed by atoms with Gasteiger partial charge >= 0.3 is 0 Å². The lowest BCUT2D eigenvalue weighted by atomic mass is 10.1. The summed E-state index contributed by atoms with van der Waals surface area (Å²) in [6.07, 6.45) is 2.06. The zero-order valence-corrected chi connectivity index (χ0v) is 8.96. The van der Waals surface area contributed by atoms with Crippen LogP contribution >= 0.6 is 0 Å². The molecule has 0 fully saturated rings. The Morgan fingerprint density at radius 2 is 1.73 bits per heavy atom. The van der Waals surface area contributed by atoms with Crippen molar-refractivity contribution in [2.24, 2.45) is 0 Å². The Morgan fingerprint density at radius 3 is 2.33 bits per heavy atom. The van der Waals surface area contributed by atoms with Gasteiger partial charge in [-0.05, 0) is 40.3 Å². The van der Waals surface area contributed by atoms with Gasteiger partial charge in [0.1, 0.15) is 0 Å². The van der Waals surface area contributed by atoms with Gasteiger partial charge in [-0.3, -0.25) is 0 Å². The van der Waals surface area contributed by atoms with Gasteiger partial charge in [-0.1, -0.05) is 49.1 Å². The molecule has 0 aliphatic rings. The summed E-state index contributed by atoms with van der Waals surface area (Å²) in [5, 5.41) is 4.69. The van der Waals surface area contributed by atoms with Crippen molar-refractivity contribution in [3.63, 3.8) is 0 Å². The van der Waals surface area contributed by atoms with Crippen LogP contribution in [0.1, 0.15) is 6.92 Å². The molecule has 2 aromatic rings. The lowest BCUT2D eigenvalue weighted by Crippen LogP contribution is -2.22. The summed E-state index contributed by atoms with van der Waals surface area (Å²) in [5.74, 6) is 0. The molecule has 2 rings (SSSR count). The highest BCUT2D eigenvalue weighted by Crippen LogP contribution is 2.07. The number of allylic oxidation sites excluding steroid dienone is 1. The molecule has 0 aliphatic carbocycles. The maximum Gasteiger partial charge on any atom is -0.0178 e. The van der Waals surface area contributed by atoms with Crippen LogP contribution in [0, 0.1) is 0 Å². The Morgan fingerprint density at radius 1 is 1.13 bits per heavy atom. The third-order valence-corrected chi connectivity index (χ3v) is 2.41. The van der Waals surface area contributed by atoms with E-state index < -0.39 is 0 Å². The molecule has 0 radical (unpaired) electrons. The topological polar surface area (TPSA) is 0 Å². The van der Waals surface area contributed by atoms with Crippen LogP contribution < -0.4 is 10.4 Å². The lowest BCUT2D eigenvalue weighted by Gasteiger charge is -1.97. The Kier molecular flexibility index (Phi) is 2.42. The number of rotatable bonds is 1. The molecular weight excluding hydrogens is 180 g/mol. The Hall–Kier alpha value is -1.82. The number of fused-ring (bicyclic) bond motifs is 1. The number of hydrogen-bond donors (Lipinski definition) is 0. The number of benzene rings is 2. The summed E-state index contributed by atoms with van der Waals surface area (Å²) in [6, 6.07) is 12.6. The van der Waals surface area contributed by atoms with Gasteiger partial charge in [0.15, 0.2) is 0 Å². The van der Waals surface area contributed by atoms with E-state index in [9.17, 15) is 0 Å². The van der Waals surface area contributed by atoms with Crippen molar-refractivity contribution in [3.05, 3.63) is 59.0 Å². The van der Waals surface area contributed by atoms with E-state index in [2.05, 4.69) is 49.6 Å². The van der Waals surface area contributed by atoms with E-state index in [0.717, 1.165) is 16.0 Å². The van der Waals surface area contributed by atoms with Crippen molar-refractivity contribution in [3.8, 4) is 0 Å². The highest BCUT2D eigenvalue weighted by Gasteiger charge is 1.91. The monoisotopic (exact) mass is 194 g/mol. The Bertz CT molecular complexity index is 618. The van der Waals surface area contributed by atoms with E-state index in [1.165, 1.54) is 10.8 Å². The Balaban J connectivity index is 2.84. The van der Waals surface area contributed by atoms with Gasteiger partial charge in [-0.15, -0.1) is 0 Å². The van der Waals surface area contributed by atoms with Gasteiger partial charge in [0.2, 0.25) is 0 Å². The zero-order valence-electron chi connectivity index (χ0n) is 8.96. The van der Waals surface area contributed by atoms with Crippen molar-refractivity contribution in [1.29, 1.82) is 0 Å². The predicted molar refractivity (Wildman–Crippen MR) is 68.0 cm³/mol. The average Bonchev–Trinajstić information content (AvgIpc) is 2.18. The van der Waals surface area contributed by atoms with Crippen molar-refractivity contribution in [2.75, 3.05) is 0 Å². The van der Waals surface area contributed by atoms with Crippen LogP contribution in [0.4, 0.5) is 0 Å². The second kappa shape index (κ2) is 3.74. The van der Waals surface area contributed by atoms with Crippen LogP contribution in [0.2, 0.25) is 0 Å². The summed E-state index contributed by atoms with van der Waals surface area (Å²) in [6.45, 7) is 9.93. The highest BCUT2D eigenvalue weighted by atomic mass is 14.0. The molecule has 0 nitrogen and oxygen atoms in total. The zero-order chi connectivity index (χ0) is 10.8. The van der Waals surface area contributed by atoms with Crippen molar-refractivity contribution in [2.45, 2.75) is 6.92 Å². The van der Waals surface area contributed by atoms with Crippen LogP contribution in [0.3, 0.4) is 0 Å². The van der Waals surface area contributed by atoms with Crippen LogP contribution in [0.5, 0.6) is 0 Å². The first-order valence-corrected chi connectivity index (χ1v) is 5.02. The first-order valence-electron chi connectivity index (χ1n) is 5.02. The molecule has 0 saturated carbocycles. The molecule has 0 bridgehead atoms. The molecule has 0 aromatic heterocycles. The van der Waals surface area contributed by atoms with Gasteiger partial charge < -0.3 is 0 Å². The first kappa shape index (κ1) is 9.72. The van der Waals surface area contributed by atoms with Gasteiger partial charge in [0.05, 0.1) is 0 Å². The van der Waals surface area contributed by atoms with Crippen molar-refractivity contribution in [1.82, 2.24) is 0 Å². The largest absolute Gasteiger partial charge is 0.0961 e. The smallest absolute Gasteiger partial charge is 0.0178 e. The second-order valence-electron chi connectivity index (χ2n) is 3.89. The maximum atomic E-state index is 4.05. The molecule has 0 spiro atoms. The van der Waals surface area contributed by atoms with Crippen LogP contribution in [0.25, 0.3) is 23.4 Å². The quantitative estimate of drug-likeness (QED) is 0.654. The molecule has 0 heterocycles. The summed E-state index contributed by atoms with van der Waals surface area (Å²) in [7, 11) is 0. The highest BCUT2D eigenvalue weighted by molar-refractivity contribution is 5.82. The fourth-order valence-corrected chi connectivity index (χ4v) is 1.70. The third-order valence-electron chi connectivity index (χ3n) is 2.41. The van der Waals surface area contributed by atoms with Crippen LogP contribution in [-0.4, -0.2) is 0 Å². The lowest BCUT2D eigenvalue weighted by molar-refractivity contribution is 1.54.